The van der Waals surface area contributed by atoms with Gasteiger partial charge in [-0.1, -0.05) is 18.2 Å². The van der Waals surface area contributed by atoms with E-state index >= 15 is 0 Å². The van der Waals surface area contributed by atoms with E-state index in [1.807, 2.05) is 51.1 Å². The molecular formula is C21H26N6O3. The average molecular weight is 410 g/mol. The van der Waals surface area contributed by atoms with Crippen molar-refractivity contribution in [1.29, 1.82) is 0 Å². The maximum atomic E-state index is 12.7. The molecule has 1 aromatic carbocycles. The molecule has 2 aromatic heterocycles. The second-order valence-electron chi connectivity index (χ2n) is 8.44. The van der Waals surface area contributed by atoms with Crippen molar-refractivity contribution >= 4 is 28.9 Å². The number of aromatic nitrogens is 4. The van der Waals surface area contributed by atoms with Crippen LogP contribution in [0.4, 0.5) is 16.4 Å². The lowest BCUT2D eigenvalue weighted by Gasteiger charge is -2.34. The summed E-state index contributed by atoms with van der Waals surface area (Å²) in [6.07, 6.45) is 2.79. The van der Waals surface area contributed by atoms with Crippen LogP contribution in [0.25, 0.3) is 11.2 Å². The Morgan fingerprint density at radius 3 is 2.77 bits per heavy atom. The van der Waals surface area contributed by atoms with Crippen molar-refractivity contribution < 1.29 is 9.53 Å². The maximum absolute atomic E-state index is 12.7. The molecule has 1 aliphatic rings. The number of anilines is 2. The fourth-order valence-electron chi connectivity index (χ4n) is 3.62. The number of carbonyl (C=O) groups is 1. The van der Waals surface area contributed by atoms with Crippen LogP contribution in [0.5, 0.6) is 0 Å². The first-order valence-corrected chi connectivity index (χ1v) is 10.1. The number of likely N-dealkylation sites (tertiary alicyclic amines) is 1. The number of hydrogen-bond acceptors (Lipinski definition) is 6. The number of benzene rings is 1. The summed E-state index contributed by atoms with van der Waals surface area (Å²) >= 11 is 0. The summed E-state index contributed by atoms with van der Waals surface area (Å²) in [5.74, 6) is 0.404. The summed E-state index contributed by atoms with van der Waals surface area (Å²) in [5.41, 5.74) is 1.12. The van der Waals surface area contributed by atoms with Crippen molar-refractivity contribution in [3.05, 3.63) is 47.0 Å². The second kappa shape index (κ2) is 7.81. The van der Waals surface area contributed by atoms with Crippen LogP contribution in [0.2, 0.25) is 0 Å². The minimum atomic E-state index is -0.563. The van der Waals surface area contributed by atoms with Gasteiger partial charge in [-0.05, 0) is 45.7 Å². The molecule has 0 bridgehead atoms. The van der Waals surface area contributed by atoms with Crippen LogP contribution < -0.4 is 11.0 Å². The minimum Gasteiger partial charge on any atom is -0.444 e. The molecule has 1 fully saturated rings. The highest BCUT2D eigenvalue weighted by Gasteiger charge is 2.30. The van der Waals surface area contributed by atoms with E-state index < -0.39 is 5.60 Å². The molecule has 2 N–H and O–H groups in total. The Balaban J connectivity index is 1.61. The zero-order chi connectivity index (χ0) is 21.3. The summed E-state index contributed by atoms with van der Waals surface area (Å²) in [5, 5.41) is 3.15. The van der Waals surface area contributed by atoms with Gasteiger partial charge in [-0.15, -0.1) is 0 Å². The Kier molecular flexibility index (Phi) is 5.19. The van der Waals surface area contributed by atoms with Crippen LogP contribution in [0.3, 0.4) is 0 Å². The van der Waals surface area contributed by atoms with Crippen LogP contribution in [-0.4, -0.2) is 49.2 Å². The van der Waals surface area contributed by atoms with E-state index in [-0.39, 0.29) is 17.8 Å². The number of hydrogen-bond donors (Lipinski definition) is 2. The van der Waals surface area contributed by atoms with Gasteiger partial charge in [-0.2, -0.15) is 4.98 Å². The fraction of sp³-hybridized carbons (Fsp3) is 0.429. The van der Waals surface area contributed by atoms with Crippen molar-refractivity contribution in [2.45, 2.75) is 45.3 Å². The predicted molar refractivity (Wildman–Crippen MR) is 114 cm³/mol. The molecule has 3 heterocycles. The number of carbonyl (C=O) groups excluding carboxylic acids is 1. The van der Waals surface area contributed by atoms with E-state index in [2.05, 4.69) is 20.3 Å². The maximum Gasteiger partial charge on any atom is 0.410 e. The number of nitrogens with zero attached hydrogens (tertiary/aromatic N) is 4. The molecule has 0 radical (unpaired) electrons. The predicted octanol–water partition coefficient (Wildman–Crippen LogP) is 3.44. The van der Waals surface area contributed by atoms with Gasteiger partial charge in [0.15, 0.2) is 5.65 Å². The van der Waals surface area contributed by atoms with E-state index in [4.69, 9.17) is 4.74 Å². The first-order chi connectivity index (χ1) is 14.3. The van der Waals surface area contributed by atoms with Crippen LogP contribution in [0.1, 0.15) is 39.7 Å². The van der Waals surface area contributed by atoms with E-state index in [0.717, 1.165) is 18.5 Å². The molecule has 0 saturated carbocycles. The van der Waals surface area contributed by atoms with Crippen LogP contribution in [0, 0.1) is 0 Å². The molecule has 1 saturated heterocycles. The van der Waals surface area contributed by atoms with Crippen molar-refractivity contribution in [1.82, 2.24) is 24.4 Å². The van der Waals surface area contributed by atoms with E-state index in [1.165, 1.54) is 0 Å². The molecule has 158 valence electrons. The molecule has 3 aromatic rings. The van der Waals surface area contributed by atoms with Crippen LogP contribution in [-0.2, 0) is 4.74 Å². The number of ether oxygens (including phenoxy) is 1. The molecule has 30 heavy (non-hydrogen) atoms. The highest BCUT2D eigenvalue weighted by molar-refractivity contribution is 5.72. The van der Waals surface area contributed by atoms with E-state index in [9.17, 15) is 9.59 Å². The summed E-state index contributed by atoms with van der Waals surface area (Å²) in [4.78, 5) is 38.5. The zero-order valence-electron chi connectivity index (χ0n) is 17.4. The molecule has 0 spiro atoms. The number of piperidine rings is 1. The van der Waals surface area contributed by atoms with Gasteiger partial charge in [0.2, 0.25) is 5.95 Å². The molecule has 0 aliphatic carbocycles. The summed E-state index contributed by atoms with van der Waals surface area (Å²) in [6, 6.07) is 9.40. The highest BCUT2D eigenvalue weighted by atomic mass is 16.6. The first kappa shape index (κ1) is 19.9. The number of rotatable bonds is 3. The third-order valence-electron chi connectivity index (χ3n) is 4.90. The molecule has 1 aliphatic heterocycles. The summed E-state index contributed by atoms with van der Waals surface area (Å²) in [6.45, 7) is 6.53. The molecule has 1 atom stereocenters. The number of para-hydroxylation sites is 1. The summed E-state index contributed by atoms with van der Waals surface area (Å²) < 4.78 is 7.13. The van der Waals surface area contributed by atoms with Gasteiger partial charge < -0.3 is 19.9 Å². The molecular weight excluding hydrogens is 384 g/mol. The van der Waals surface area contributed by atoms with E-state index in [0.29, 0.717) is 30.2 Å². The zero-order valence-corrected chi connectivity index (χ0v) is 17.4. The van der Waals surface area contributed by atoms with Gasteiger partial charge in [0.05, 0.1) is 12.2 Å². The number of H-pyrrole nitrogens is 1. The Hall–Kier alpha value is -3.36. The lowest BCUT2D eigenvalue weighted by Crippen LogP contribution is -2.44. The van der Waals surface area contributed by atoms with Crippen molar-refractivity contribution in [3.63, 3.8) is 0 Å². The van der Waals surface area contributed by atoms with Gasteiger partial charge >= 0.3 is 11.8 Å². The lowest BCUT2D eigenvalue weighted by atomic mass is 10.1. The third-order valence-corrected chi connectivity index (χ3v) is 4.90. The quantitative estimate of drug-likeness (QED) is 0.685. The Bertz CT molecular complexity index is 1100. The normalized spacial score (nSPS) is 17.2. The molecule has 1 amide bonds. The van der Waals surface area contributed by atoms with Gasteiger partial charge in [-0.3, -0.25) is 4.57 Å². The average Bonchev–Trinajstić information content (AvgIpc) is 3.02. The van der Waals surface area contributed by atoms with Crippen molar-refractivity contribution in [3.8, 4) is 0 Å². The molecule has 9 nitrogen and oxygen atoms in total. The number of nitrogens with one attached hydrogen (secondary N) is 2. The smallest absolute Gasteiger partial charge is 0.410 e. The van der Waals surface area contributed by atoms with Gasteiger partial charge in [0.25, 0.3) is 0 Å². The third kappa shape index (κ3) is 4.29. The Morgan fingerprint density at radius 1 is 1.27 bits per heavy atom. The van der Waals surface area contributed by atoms with E-state index in [1.54, 1.807) is 15.7 Å². The fourth-order valence-corrected chi connectivity index (χ4v) is 3.62. The van der Waals surface area contributed by atoms with Gasteiger partial charge in [0, 0.05) is 18.8 Å². The number of fused-ring (bicyclic) bond motifs is 1. The second-order valence-corrected chi connectivity index (χ2v) is 8.44. The SMILES string of the molecule is CC(C)(C)OC(=O)N1CCCC(n2c(=O)[nH]c3cnc(Nc4ccccc4)nc32)C1. The van der Waals surface area contributed by atoms with Gasteiger partial charge in [0.1, 0.15) is 11.1 Å². The molecule has 4 rings (SSSR count). The standard InChI is InChI=1S/C21H26N6O3/c1-21(2,3)30-20(29)26-11-7-10-15(13-26)27-17-16(24-19(27)28)12-22-18(25-17)23-14-8-5-4-6-9-14/h4-6,8-9,12,15H,7,10-11,13H2,1-3H3,(H,24,28)(H,22,23,25). The van der Waals surface area contributed by atoms with Crippen molar-refractivity contribution in [2.75, 3.05) is 18.4 Å². The van der Waals surface area contributed by atoms with Crippen LogP contribution >= 0.6 is 0 Å². The molecule has 9 heteroatoms. The first-order valence-electron chi connectivity index (χ1n) is 10.1. The molecule has 1 unspecified atom stereocenters. The topological polar surface area (TPSA) is 105 Å². The lowest BCUT2D eigenvalue weighted by molar-refractivity contribution is 0.0172. The summed E-state index contributed by atoms with van der Waals surface area (Å²) in [7, 11) is 0. The monoisotopic (exact) mass is 410 g/mol. The number of amides is 1. The number of imidazole rings is 1. The van der Waals surface area contributed by atoms with Crippen LogP contribution in [0.15, 0.2) is 41.3 Å². The minimum absolute atomic E-state index is 0.188. The highest BCUT2D eigenvalue weighted by Crippen LogP contribution is 2.25. The van der Waals surface area contributed by atoms with Gasteiger partial charge in [-0.25, -0.2) is 14.6 Å². The Labute approximate surface area is 174 Å². The largest absolute Gasteiger partial charge is 0.444 e. The van der Waals surface area contributed by atoms with Crippen molar-refractivity contribution in [2.24, 2.45) is 0 Å². The Morgan fingerprint density at radius 2 is 2.03 bits per heavy atom. The number of aromatic amines is 1.